The first-order chi connectivity index (χ1) is 13.5. The molecule has 0 aliphatic rings. The maximum Gasteiger partial charge on any atom is 0.256 e. The smallest absolute Gasteiger partial charge is 0.256 e. The van der Waals surface area contributed by atoms with E-state index >= 15 is 0 Å². The molecule has 8 heteroatoms. The molecule has 140 valence electrons. The molecule has 2 aromatic carbocycles. The SMILES string of the molecule is Cc1ncc(NC(=O)c2cccc(Cl)c2)n1-c1nc(-c2ccc(F)cc2)cs1. The van der Waals surface area contributed by atoms with E-state index in [1.807, 2.05) is 12.3 Å². The molecule has 0 bridgehead atoms. The van der Waals surface area contributed by atoms with E-state index < -0.39 is 0 Å². The molecule has 0 atom stereocenters. The van der Waals surface area contributed by atoms with Gasteiger partial charge < -0.3 is 5.32 Å². The van der Waals surface area contributed by atoms with Crippen LogP contribution < -0.4 is 5.32 Å². The van der Waals surface area contributed by atoms with Crippen molar-refractivity contribution in [2.45, 2.75) is 6.92 Å². The van der Waals surface area contributed by atoms with Crippen molar-refractivity contribution in [1.29, 1.82) is 0 Å². The average molecular weight is 413 g/mol. The fourth-order valence-corrected chi connectivity index (χ4v) is 3.80. The van der Waals surface area contributed by atoms with Crippen LogP contribution in [0.3, 0.4) is 0 Å². The Morgan fingerprint density at radius 2 is 2.00 bits per heavy atom. The summed E-state index contributed by atoms with van der Waals surface area (Å²) in [5.74, 6) is 0.596. The maximum atomic E-state index is 13.1. The van der Waals surface area contributed by atoms with Gasteiger partial charge in [0.05, 0.1) is 11.9 Å². The number of thiazole rings is 1. The topological polar surface area (TPSA) is 59.8 Å². The quantitative estimate of drug-likeness (QED) is 0.491. The van der Waals surface area contributed by atoms with E-state index in [2.05, 4.69) is 15.3 Å². The van der Waals surface area contributed by atoms with Gasteiger partial charge in [0.2, 0.25) is 0 Å². The minimum atomic E-state index is -0.296. The number of carbonyl (C=O) groups is 1. The zero-order chi connectivity index (χ0) is 19.7. The summed E-state index contributed by atoms with van der Waals surface area (Å²) in [7, 11) is 0. The van der Waals surface area contributed by atoms with E-state index in [1.54, 1.807) is 47.2 Å². The maximum absolute atomic E-state index is 13.1. The van der Waals surface area contributed by atoms with Crippen LogP contribution in [0.15, 0.2) is 60.1 Å². The van der Waals surface area contributed by atoms with E-state index in [1.165, 1.54) is 23.5 Å². The van der Waals surface area contributed by atoms with Gasteiger partial charge in [0.15, 0.2) is 5.13 Å². The number of aryl methyl sites for hydroxylation is 1. The molecule has 0 aliphatic heterocycles. The molecule has 2 heterocycles. The van der Waals surface area contributed by atoms with Gasteiger partial charge in [0.1, 0.15) is 17.5 Å². The number of hydrogen-bond donors (Lipinski definition) is 1. The summed E-state index contributed by atoms with van der Waals surface area (Å²) in [5.41, 5.74) is 1.98. The fraction of sp³-hybridized carbons (Fsp3) is 0.0500. The highest BCUT2D eigenvalue weighted by molar-refractivity contribution is 7.12. The monoisotopic (exact) mass is 412 g/mol. The van der Waals surface area contributed by atoms with Gasteiger partial charge in [-0.1, -0.05) is 17.7 Å². The Morgan fingerprint density at radius 3 is 2.75 bits per heavy atom. The number of halogens is 2. The Hall–Kier alpha value is -3.03. The minimum Gasteiger partial charge on any atom is -0.306 e. The van der Waals surface area contributed by atoms with E-state index in [-0.39, 0.29) is 11.7 Å². The average Bonchev–Trinajstić information content (AvgIpc) is 3.29. The second-order valence-corrected chi connectivity index (χ2v) is 7.29. The number of amides is 1. The van der Waals surface area contributed by atoms with Crippen molar-refractivity contribution in [3.63, 3.8) is 0 Å². The van der Waals surface area contributed by atoms with Crippen LogP contribution in [0.4, 0.5) is 10.2 Å². The van der Waals surface area contributed by atoms with Gasteiger partial charge in [-0.2, -0.15) is 0 Å². The lowest BCUT2D eigenvalue weighted by Crippen LogP contribution is -2.15. The third kappa shape index (κ3) is 3.67. The summed E-state index contributed by atoms with van der Waals surface area (Å²) in [4.78, 5) is 21.5. The first-order valence-corrected chi connectivity index (χ1v) is 9.60. The Balaban J connectivity index is 1.64. The number of imidazole rings is 1. The van der Waals surface area contributed by atoms with E-state index in [0.717, 1.165) is 11.3 Å². The standard InChI is InChI=1S/C20H14ClFN4OS/c1-12-23-10-18(25-19(27)14-3-2-4-15(21)9-14)26(12)20-24-17(11-28-20)13-5-7-16(22)8-6-13/h2-11H,1H3,(H,25,27). The number of benzene rings is 2. The van der Waals surface area contributed by atoms with Gasteiger partial charge in [-0.05, 0) is 49.4 Å². The van der Waals surface area contributed by atoms with E-state index in [9.17, 15) is 9.18 Å². The van der Waals surface area contributed by atoms with Gasteiger partial charge in [-0.15, -0.1) is 11.3 Å². The zero-order valence-corrected chi connectivity index (χ0v) is 16.3. The largest absolute Gasteiger partial charge is 0.306 e. The van der Waals surface area contributed by atoms with Gasteiger partial charge in [-0.3, -0.25) is 9.36 Å². The third-order valence-corrected chi connectivity index (χ3v) is 5.15. The normalized spacial score (nSPS) is 10.8. The molecular weight excluding hydrogens is 399 g/mol. The lowest BCUT2D eigenvalue weighted by molar-refractivity contribution is 0.102. The van der Waals surface area contributed by atoms with Crippen molar-refractivity contribution in [2.75, 3.05) is 5.32 Å². The highest BCUT2D eigenvalue weighted by Crippen LogP contribution is 2.28. The van der Waals surface area contributed by atoms with Crippen LogP contribution in [0.5, 0.6) is 0 Å². The van der Waals surface area contributed by atoms with Crippen molar-refractivity contribution in [3.05, 3.63) is 82.3 Å². The number of nitrogens with zero attached hydrogens (tertiary/aromatic N) is 3. The van der Waals surface area contributed by atoms with Gasteiger partial charge in [0.25, 0.3) is 5.91 Å². The molecule has 0 radical (unpaired) electrons. The predicted octanol–water partition coefficient (Wildman–Crippen LogP) is 5.35. The van der Waals surface area contributed by atoms with Gasteiger partial charge in [-0.25, -0.2) is 14.4 Å². The van der Waals surface area contributed by atoms with Crippen LogP contribution in [0.2, 0.25) is 5.02 Å². The third-order valence-electron chi connectivity index (χ3n) is 4.09. The van der Waals surface area contributed by atoms with Crippen molar-refractivity contribution >= 4 is 34.7 Å². The minimum absolute atomic E-state index is 0.293. The number of hydrogen-bond acceptors (Lipinski definition) is 4. The number of carbonyl (C=O) groups excluding carboxylic acids is 1. The Morgan fingerprint density at radius 1 is 1.21 bits per heavy atom. The molecule has 0 saturated carbocycles. The molecule has 4 aromatic rings. The Kier molecular flexibility index (Phi) is 4.93. The first kappa shape index (κ1) is 18.3. The number of rotatable bonds is 4. The van der Waals surface area contributed by atoms with Crippen LogP contribution >= 0.6 is 22.9 Å². The summed E-state index contributed by atoms with van der Waals surface area (Å²) in [6, 6.07) is 12.9. The first-order valence-electron chi connectivity index (χ1n) is 8.34. The van der Waals surface area contributed by atoms with Gasteiger partial charge >= 0.3 is 0 Å². The fourth-order valence-electron chi connectivity index (χ4n) is 2.71. The lowest BCUT2D eigenvalue weighted by Gasteiger charge is -2.09. The molecule has 4 rings (SSSR count). The number of aromatic nitrogens is 3. The molecular formula is C20H14ClFN4OS. The molecule has 2 aromatic heterocycles. The molecule has 0 spiro atoms. The summed E-state index contributed by atoms with van der Waals surface area (Å²) in [6.07, 6.45) is 1.58. The Bertz CT molecular complexity index is 1150. The molecule has 1 N–H and O–H groups in total. The van der Waals surface area contributed by atoms with Crippen molar-refractivity contribution in [3.8, 4) is 16.4 Å². The van der Waals surface area contributed by atoms with Crippen LogP contribution in [-0.2, 0) is 0 Å². The van der Waals surface area contributed by atoms with Crippen LogP contribution in [0.25, 0.3) is 16.4 Å². The molecule has 0 aliphatic carbocycles. The molecule has 0 unspecified atom stereocenters. The summed E-state index contributed by atoms with van der Waals surface area (Å²) < 4.78 is 14.9. The predicted molar refractivity (Wildman–Crippen MR) is 109 cm³/mol. The number of nitrogens with one attached hydrogen (secondary N) is 1. The van der Waals surface area contributed by atoms with Gasteiger partial charge in [0, 0.05) is 21.5 Å². The summed E-state index contributed by atoms with van der Waals surface area (Å²) in [6.45, 7) is 1.83. The highest BCUT2D eigenvalue weighted by atomic mass is 35.5. The van der Waals surface area contributed by atoms with Crippen LogP contribution in [0.1, 0.15) is 16.2 Å². The summed E-state index contributed by atoms with van der Waals surface area (Å²) >= 11 is 7.37. The Labute approximate surface area is 169 Å². The second-order valence-electron chi connectivity index (χ2n) is 6.01. The second kappa shape index (κ2) is 7.53. The van der Waals surface area contributed by atoms with Crippen molar-refractivity contribution in [1.82, 2.24) is 14.5 Å². The van der Waals surface area contributed by atoms with Crippen LogP contribution in [0, 0.1) is 12.7 Å². The molecule has 5 nitrogen and oxygen atoms in total. The molecule has 28 heavy (non-hydrogen) atoms. The van der Waals surface area contributed by atoms with Crippen molar-refractivity contribution < 1.29 is 9.18 Å². The lowest BCUT2D eigenvalue weighted by atomic mass is 10.2. The highest BCUT2D eigenvalue weighted by Gasteiger charge is 2.16. The summed E-state index contributed by atoms with van der Waals surface area (Å²) in [5, 5.41) is 5.87. The molecule has 0 saturated heterocycles. The zero-order valence-electron chi connectivity index (χ0n) is 14.7. The molecule has 0 fully saturated rings. The number of anilines is 1. The van der Waals surface area contributed by atoms with E-state index in [0.29, 0.717) is 27.4 Å². The molecule has 1 amide bonds. The van der Waals surface area contributed by atoms with Crippen molar-refractivity contribution in [2.24, 2.45) is 0 Å². The van der Waals surface area contributed by atoms with E-state index in [4.69, 9.17) is 11.6 Å². The van der Waals surface area contributed by atoms with Crippen LogP contribution in [-0.4, -0.2) is 20.4 Å².